The molecule has 5 nitrogen and oxygen atoms in total. The Hall–Kier alpha value is -2.60. The van der Waals surface area contributed by atoms with E-state index in [-0.39, 0.29) is 5.57 Å². The van der Waals surface area contributed by atoms with E-state index < -0.39 is 11.8 Å². The van der Waals surface area contributed by atoms with Crippen LogP contribution in [0.1, 0.15) is 5.76 Å². The van der Waals surface area contributed by atoms with Crippen LogP contribution >= 0.6 is 15.9 Å². The first kappa shape index (κ1) is 14.3. The third kappa shape index (κ3) is 2.87. The van der Waals surface area contributed by atoms with E-state index in [1.807, 2.05) is 6.07 Å². The number of benzene rings is 1. The fourth-order valence-electron chi connectivity index (χ4n) is 2.00. The van der Waals surface area contributed by atoms with Gasteiger partial charge >= 0.3 is 0 Å². The van der Waals surface area contributed by atoms with Crippen LogP contribution in [0.3, 0.4) is 0 Å². The van der Waals surface area contributed by atoms with Gasteiger partial charge in [-0.2, -0.15) is 0 Å². The van der Waals surface area contributed by atoms with E-state index in [0.29, 0.717) is 11.4 Å². The number of allylic oxidation sites excluding steroid dienone is 2. The van der Waals surface area contributed by atoms with Crippen LogP contribution in [0.2, 0.25) is 0 Å². The van der Waals surface area contributed by atoms with Crippen molar-refractivity contribution >= 4 is 39.5 Å². The van der Waals surface area contributed by atoms with Gasteiger partial charge in [-0.3, -0.25) is 15.0 Å². The Kier molecular flexibility index (Phi) is 3.93. The molecule has 1 aliphatic heterocycles. The molecule has 2 aromatic rings. The van der Waals surface area contributed by atoms with E-state index >= 15 is 0 Å². The van der Waals surface area contributed by atoms with E-state index in [9.17, 15) is 9.59 Å². The second-order valence-corrected chi connectivity index (χ2v) is 5.43. The summed E-state index contributed by atoms with van der Waals surface area (Å²) < 4.78 is 5.96. The quantitative estimate of drug-likeness (QED) is 0.677. The predicted molar refractivity (Wildman–Crippen MR) is 85.6 cm³/mol. The Morgan fingerprint density at radius 1 is 1.18 bits per heavy atom. The smallest absolute Gasteiger partial charge is 0.282 e. The van der Waals surface area contributed by atoms with Crippen molar-refractivity contribution in [2.45, 2.75) is 0 Å². The SMILES string of the molecule is O=C1NN(c2cccc(Br)c2)C(=O)/C1=C\C=C/c1ccco1. The molecule has 3 rings (SSSR count). The maximum Gasteiger partial charge on any atom is 0.282 e. The van der Waals surface area contributed by atoms with Crippen molar-refractivity contribution in [2.24, 2.45) is 0 Å². The minimum Gasteiger partial charge on any atom is -0.465 e. The predicted octanol–water partition coefficient (Wildman–Crippen LogP) is 3.06. The first-order valence-electron chi connectivity index (χ1n) is 6.48. The third-order valence-electron chi connectivity index (χ3n) is 3.02. The number of hydrazine groups is 1. The Bertz CT molecular complexity index is 778. The van der Waals surface area contributed by atoms with Crippen molar-refractivity contribution in [1.29, 1.82) is 0 Å². The molecular formula is C16H11BrN2O3. The topological polar surface area (TPSA) is 62.6 Å². The summed E-state index contributed by atoms with van der Waals surface area (Å²) in [6.45, 7) is 0. The number of nitrogens with one attached hydrogen (secondary N) is 1. The first-order chi connectivity index (χ1) is 10.6. The van der Waals surface area contributed by atoms with E-state index in [4.69, 9.17) is 4.42 Å². The Morgan fingerprint density at radius 3 is 2.77 bits per heavy atom. The summed E-state index contributed by atoms with van der Waals surface area (Å²) in [5.41, 5.74) is 3.20. The summed E-state index contributed by atoms with van der Waals surface area (Å²) in [6.07, 6.45) is 6.30. The molecule has 0 spiro atoms. The van der Waals surface area contributed by atoms with E-state index in [2.05, 4.69) is 21.4 Å². The van der Waals surface area contributed by atoms with Gasteiger partial charge in [-0.1, -0.05) is 28.1 Å². The second-order valence-electron chi connectivity index (χ2n) is 4.52. The Labute approximate surface area is 135 Å². The molecule has 1 saturated heterocycles. The van der Waals surface area contributed by atoms with Crippen LogP contribution in [0.4, 0.5) is 5.69 Å². The Balaban J connectivity index is 1.82. The number of furan rings is 1. The number of halogens is 1. The largest absolute Gasteiger partial charge is 0.465 e. The van der Waals surface area contributed by atoms with Gasteiger partial charge < -0.3 is 4.42 Å². The second kappa shape index (κ2) is 6.03. The van der Waals surface area contributed by atoms with Crippen molar-refractivity contribution in [3.63, 3.8) is 0 Å². The molecule has 0 atom stereocenters. The zero-order valence-electron chi connectivity index (χ0n) is 11.3. The van der Waals surface area contributed by atoms with Gasteiger partial charge in [0.05, 0.1) is 12.0 Å². The van der Waals surface area contributed by atoms with Crippen molar-refractivity contribution in [1.82, 2.24) is 5.43 Å². The normalized spacial score (nSPS) is 16.8. The molecule has 6 heteroatoms. The standard InChI is InChI=1S/C16H11BrN2O3/c17-11-4-1-5-12(10-11)19-16(21)14(15(20)18-19)8-2-6-13-7-3-9-22-13/h1-10H,(H,18,20)/b6-2-,14-8-. The van der Waals surface area contributed by atoms with E-state index in [1.165, 1.54) is 11.1 Å². The lowest BCUT2D eigenvalue weighted by atomic mass is 10.2. The highest BCUT2D eigenvalue weighted by Crippen LogP contribution is 2.23. The van der Waals surface area contributed by atoms with Crippen molar-refractivity contribution in [3.8, 4) is 0 Å². The molecule has 0 bridgehead atoms. The van der Waals surface area contributed by atoms with Crippen LogP contribution in [0.5, 0.6) is 0 Å². The average Bonchev–Trinajstić information content (AvgIpc) is 3.10. The van der Waals surface area contributed by atoms with Gasteiger partial charge in [0.25, 0.3) is 11.8 Å². The summed E-state index contributed by atoms with van der Waals surface area (Å²) in [7, 11) is 0. The van der Waals surface area contributed by atoms with Crippen LogP contribution in [-0.4, -0.2) is 11.8 Å². The number of anilines is 1. The number of hydrogen-bond donors (Lipinski definition) is 1. The zero-order valence-corrected chi connectivity index (χ0v) is 12.9. The summed E-state index contributed by atoms with van der Waals surface area (Å²) >= 11 is 3.34. The fraction of sp³-hybridized carbons (Fsp3) is 0. The molecular weight excluding hydrogens is 348 g/mol. The first-order valence-corrected chi connectivity index (χ1v) is 7.27. The van der Waals surface area contributed by atoms with Crippen LogP contribution in [0.15, 0.2) is 69.3 Å². The average molecular weight is 359 g/mol. The molecule has 2 amide bonds. The number of carbonyl (C=O) groups is 2. The van der Waals surface area contributed by atoms with Crippen LogP contribution in [0.25, 0.3) is 6.08 Å². The van der Waals surface area contributed by atoms with Crippen molar-refractivity contribution < 1.29 is 14.0 Å². The highest BCUT2D eigenvalue weighted by atomic mass is 79.9. The van der Waals surface area contributed by atoms with Crippen LogP contribution in [-0.2, 0) is 9.59 Å². The molecule has 1 aliphatic rings. The monoisotopic (exact) mass is 358 g/mol. The Morgan fingerprint density at radius 2 is 2.05 bits per heavy atom. The lowest BCUT2D eigenvalue weighted by Crippen LogP contribution is -2.35. The molecule has 1 fully saturated rings. The molecule has 22 heavy (non-hydrogen) atoms. The fourth-order valence-corrected chi connectivity index (χ4v) is 2.39. The van der Waals surface area contributed by atoms with Gasteiger partial charge in [0.2, 0.25) is 0 Å². The lowest BCUT2D eigenvalue weighted by Gasteiger charge is -2.14. The minimum atomic E-state index is -0.436. The molecule has 0 radical (unpaired) electrons. The molecule has 1 N–H and O–H groups in total. The van der Waals surface area contributed by atoms with Gasteiger partial charge in [0.1, 0.15) is 11.3 Å². The van der Waals surface area contributed by atoms with Gasteiger partial charge in [0, 0.05) is 4.47 Å². The highest BCUT2D eigenvalue weighted by Gasteiger charge is 2.33. The number of rotatable bonds is 3. The maximum atomic E-state index is 12.3. The number of nitrogens with zero attached hydrogens (tertiary/aromatic N) is 1. The van der Waals surface area contributed by atoms with Crippen molar-refractivity contribution in [2.75, 3.05) is 5.01 Å². The van der Waals surface area contributed by atoms with Gasteiger partial charge in [-0.25, -0.2) is 5.01 Å². The van der Waals surface area contributed by atoms with E-state index in [0.717, 1.165) is 4.47 Å². The summed E-state index contributed by atoms with van der Waals surface area (Å²) in [5.74, 6) is -0.187. The minimum absolute atomic E-state index is 0.0720. The molecule has 0 unspecified atom stereocenters. The summed E-state index contributed by atoms with van der Waals surface area (Å²) in [4.78, 5) is 24.3. The summed E-state index contributed by atoms with van der Waals surface area (Å²) in [5, 5.41) is 1.22. The lowest BCUT2D eigenvalue weighted by molar-refractivity contribution is -0.117. The molecule has 2 heterocycles. The molecule has 1 aromatic carbocycles. The van der Waals surface area contributed by atoms with Crippen LogP contribution in [0, 0.1) is 0 Å². The van der Waals surface area contributed by atoms with Crippen molar-refractivity contribution in [3.05, 3.63) is 70.6 Å². The highest BCUT2D eigenvalue weighted by molar-refractivity contribution is 9.10. The van der Waals surface area contributed by atoms with Crippen LogP contribution < -0.4 is 10.4 Å². The zero-order chi connectivity index (χ0) is 15.5. The third-order valence-corrected chi connectivity index (χ3v) is 3.52. The number of hydrogen-bond acceptors (Lipinski definition) is 3. The molecule has 1 aromatic heterocycles. The molecule has 0 saturated carbocycles. The number of amides is 2. The summed E-state index contributed by atoms with van der Waals surface area (Å²) in [6, 6.07) is 10.7. The molecule has 0 aliphatic carbocycles. The molecule has 110 valence electrons. The number of carbonyl (C=O) groups excluding carboxylic acids is 2. The van der Waals surface area contributed by atoms with E-state index in [1.54, 1.807) is 48.7 Å². The van der Waals surface area contributed by atoms with Gasteiger partial charge in [0.15, 0.2) is 0 Å². The van der Waals surface area contributed by atoms with Gasteiger partial charge in [-0.05, 0) is 42.5 Å². The van der Waals surface area contributed by atoms with Gasteiger partial charge in [-0.15, -0.1) is 0 Å². The maximum absolute atomic E-state index is 12.3.